The fourth-order valence-corrected chi connectivity index (χ4v) is 1.99. The van der Waals surface area contributed by atoms with Crippen molar-refractivity contribution in [2.75, 3.05) is 0 Å². The number of hydrogen-bond donors (Lipinski definition) is 0. The van der Waals surface area contributed by atoms with Gasteiger partial charge in [0.1, 0.15) is 5.56 Å². The van der Waals surface area contributed by atoms with Gasteiger partial charge in [-0.25, -0.2) is 0 Å². The first-order chi connectivity index (χ1) is 8.07. The van der Waals surface area contributed by atoms with Crippen LogP contribution in [-0.2, 0) is 5.41 Å². The Labute approximate surface area is 105 Å². The summed E-state index contributed by atoms with van der Waals surface area (Å²) in [5, 5.41) is 22.3. The molecule has 6 nitrogen and oxygen atoms in total. The van der Waals surface area contributed by atoms with Crippen molar-refractivity contribution in [2.24, 2.45) is 0 Å². The summed E-state index contributed by atoms with van der Waals surface area (Å²) in [6.07, 6.45) is 0. The highest BCUT2D eigenvalue weighted by molar-refractivity contribution is 5.63. The van der Waals surface area contributed by atoms with E-state index in [4.69, 9.17) is 0 Å². The molecule has 1 aromatic carbocycles. The fraction of sp³-hybridized carbons (Fsp3) is 0.500. The van der Waals surface area contributed by atoms with E-state index in [0.717, 1.165) is 0 Å². The van der Waals surface area contributed by atoms with Crippen molar-refractivity contribution in [3.8, 4) is 0 Å². The van der Waals surface area contributed by atoms with Gasteiger partial charge in [-0.05, 0) is 19.4 Å². The van der Waals surface area contributed by atoms with Gasteiger partial charge >= 0.3 is 0 Å². The maximum Gasteiger partial charge on any atom is 0.283 e. The first-order valence-corrected chi connectivity index (χ1v) is 5.50. The lowest BCUT2D eigenvalue weighted by Crippen LogP contribution is -2.17. The molecule has 1 aromatic rings. The smallest absolute Gasteiger partial charge is 0.258 e. The fourth-order valence-electron chi connectivity index (χ4n) is 1.99. The summed E-state index contributed by atoms with van der Waals surface area (Å²) >= 11 is 0. The number of nitro benzene ring substituents is 2. The molecule has 0 aliphatic carbocycles. The topological polar surface area (TPSA) is 86.3 Å². The lowest BCUT2D eigenvalue weighted by atomic mass is 9.82. The van der Waals surface area contributed by atoms with Crippen LogP contribution in [0.2, 0.25) is 0 Å². The molecule has 0 amide bonds. The molecule has 0 heterocycles. The Kier molecular flexibility index (Phi) is 3.41. The molecule has 0 aliphatic rings. The molecule has 0 N–H and O–H groups in total. The van der Waals surface area contributed by atoms with Crippen LogP contribution in [0.5, 0.6) is 0 Å². The van der Waals surface area contributed by atoms with Crippen LogP contribution in [-0.4, -0.2) is 9.85 Å². The van der Waals surface area contributed by atoms with E-state index in [1.807, 2.05) is 0 Å². The molecule has 18 heavy (non-hydrogen) atoms. The maximum absolute atomic E-state index is 11.2. The van der Waals surface area contributed by atoms with E-state index in [0.29, 0.717) is 11.1 Å². The lowest BCUT2D eigenvalue weighted by Gasteiger charge is -2.20. The number of nitro groups is 2. The highest BCUT2D eigenvalue weighted by Crippen LogP contribution is 2.41. The molecule has 0 saturated heterocycles. The van der Waals surface area contributed by atoms with E-state index >= 15 is 0 Å². The highest BCUT2D eigenvalue weighted by atomic mass is 16.6. The molecule has 1 rings (SSSR count). The second-order valence-corrected chi connectivity index (χ2v) is 5.33. The SMILES string of the molecule is Cc1cc([N+](=O)[O-])c(C(C)(C)C)c([N+](=O)[O-])c1C. The molecule has 0 aliphatic heterocycles. The minimum absolute atomic E-state index is 0.144. The number of benzene rings is 1. The van der Waals surface area contributed by atoms with E-state index in [2.05, 4.69) is 0 Å². The average molecular weight is 252 g/mol. The van der Waals surface area contributed by atoms with Crippen molar-refractivity contribution < 1.29 is 9.85 Å². The number of rotatable bonds is 2. The summed E-state index contributed by atoms with van der Waals surface area (Å²) in [5.74, 6) is 0. The Morgan fingerprint density at radius 3 is 1.89 bits per heavy atom. The quantitative estimate of drug-likeness (QED) is 0.596. The minimum Gasteiger partial charge on any atom is -0.258 e. The van der Waals surface area contributed by atoms with Crippen LogP contribution < -0.4 is 0 Å². The van der Waals surface area contributed by atoms with E-state index in [9.17, 15) is 20.2 Å². The summed E-state index contributed by atoms with van der Waals surface area (Å²) in [7, 11) is 0. The second-order valence-electron chi connectivity index (χ2n) is 5.33. The monoisotopic (exact) mass is 252 g/mol. The van der Waals surface area contributed by atoms with Gasteiger partial charge in [-0.1, -0.05) is 20.8 Å². The van der Waals surface area contributed by atoms with Gasteiger partial charge in [0.05, 0.1) is 9.85 Å². The maximum atomic E-state index is 11.2. The molecule has 0 bridgehead atoms. The van der Waals surface area contributed by atoms with Crippen molar-refractivity contribution in [3.05, 3.63) is 43.0 Å². The van der Waals surface area contributed by atoms with Crippen LogP contribution in [0.4, 0.5) is 11.4 Å². The van der Waals surface area contributed by atoms with Crippen molar-refractivity contribution in [1.82, 2.24) is 0 Å². The summed E-state index contributed by atoms with van der Waals surface area (Å²) < 4.78 is 0. The van der Waals surface area contributed by atoms with Crippen LogP contribution in [0, 0.1) is 34.1 Å². The van der Waals surface area contributed by atoms with Crippen LogP contribution in [0.1, 0.15) is 37.5 Å². The molecule has 0 spiro atoms. The lowest BCUT2D eigenvalue weighted by molar-refractivity contribution is -0.396. The summed E-state index contributed by atoms with van der Waals surface area (Å²) in [4.78, 5) is 21.2. The van der Waals surface area contributed by atoms with Gasteiger partial charge in [-0.2, -0.15) is 0 Å². The standard InChI is InChI=1S/C12H16N2O4/c1-7-6-9(13(15)16)10(12(3,4)5)11(8(7)2)14(17)18/h6H,1-5H3. The summed E-state index contributed by atoms with van der Waals surface area (Å²) in [6.45, 7) is 8.46. The van der Waals surface area contributed by atoms with Crippen molar-refractivity contribution in [3.63, 3.8) is 0 Å². The van der Waals surface area contributed by atoms with Gasteiger partial charge in [0.15, 0.2) is 0 Å². The largest absolute Gasteiger partial charge is 0.283 e. The number of nitrogens with zero attached hydrogens (tertiary/aromatic N) is 2. The number of aryl methyl sites for hydroxylation is 1. The first kappa shape index (κ1) is 14.1. The third-order valence-electron chi connectivity index (χ3n) is 2.92. The first-order valence-electron chi connectivity index (χ1n) is 5.50. The predicted molar refractivity (Wildman–Crippen MR) is 67.9 cm³/mol. The van der Waals surface area contributed by atoms with Gasteiger partial charge in [0.25, 0.3) is 11.4 Å². The van der Waals surface area contributed by atoms with E-state index in [1.165, 1.54) is 6.07 Å². The van der Waals surface area contributed by atoms with E-state index in [-0.39, 0.29) is 16.9 Å². The van der Waals surface area contributed by atoms with Gasteiger partial charge in [0.2, 0.25) is 0 Å². The Balaban J connectivity index is 3.87. The van der Waals surface area contributed by atoms with Crippen molar-refractivity contribution in [1.29, 1.82) is 0 Å². The molecule has 0 unspecified atom stereocenters. The van der Waals surface area contributed by atoms with Crippen molar-refractivity contribution >= 4 is 11.4 Å². The predicted octanol–water partition coefficient (Wildman–Crippen LogP) is 3.42. The zero-order chi connectivity index (χ0) is 14.2. The van der Waals surface area contributed by atoms with Gasteiger partial charge in [-0.3, -0.25) is 20.2 Å². The van der Waals surface area contributed by atoms with Gasteiger partial charge in [0, 0.05) is 17.0 Å². The molecular formula is C12H16N2O4. The third-order valence-corrected chi connectivity index (χ3v) is 2.92. The second kappa shape index (κ2) is 4.36. The molecule has 0 fully saturated rings. The van der Waals surface area contributed by atoms with Crippen LogP contribution in [0.25, 0.3) is 0 Å². The third kappa shape index (κ3) is 2.32. The van der Waals surface area contributed by atoms with Crippen LogP contribution in [0.3, 0.4) is 0 Å². The minimum atomic E-state index is -0.663. The average Bonchev–Trinajstić information content (AvgIpc) is 2.18. The molecule has 0 atom stereocenters. The highest BCUT2D eigenvalue weighted by Gasteiger charge is 2.36. The molecule has 0 radical (unpaired) electrons. The summed E-state index contributed by atoms with van der Waals surface area (Å²) in [5.41, 5.74) is 0.229. The zero-order valence-electron chi connectivity index (χ0n) is 11.1. The molecule has 0 saturated carbocycles. The van der Waals surface area contributed by atoms with Gasteiger partial charge in [-0.15, -0.1) is 0 Å². The Morgan fingerprint density at radius 1 is 1.06 bits per heavy atom. The normalized spacial score (nSPS) is 11.4. The van der Waals surface area contributed by atoms with Crippen LogP contribution in [0.15, 0.2) is 6.07 Å². The summed E-state index contributed by atoms with van der Waals surface area (Å²) in [6, 6.07) is 1.41. The van der Waals surface area contributed by atoms with Crippen LogP contribution >= 0.6 is 0 Å². The Morgan fingerprint density at radius 2 is 1.56 bits per heavy atom. The van der Waals surface area contributed by atoms with E-state index in [1.54, 1.807) is 34.6 Å². The molecule has 0 aromatic heterocycles. The van der Waals surface area contributed by atoms with E-state index < -0.39 is 15.3 Å². The Hall–Kier alpha value is -1.98. The number of hydrogen-bond acceptors (Lipinski definition) is 4. The zero-order valence-corrected chi connectivity index (χ0v) is 11.1. The molecule has 6 heteroatoms. The molecular weight excluding hydrogens is 236 g/mol. The van der Waals surface area contributed by atoms with Gasteiger partial charge < -0.3 is 0 Å². The molecule has 98 valence electrons. The van der Waals surface area contributed by atoms with Crippen molar-refractivity contribution in [2.45, 2.75) is 40.0 Å². The Bertz CT molecular complexity index is 530.